The maximum atomic E-state index is 6.24. The van der Waals surface area contributed by atoms with Crippen LogP contribution in [0.25, 0.3) is 0 Å². The molecule has 1 aromatic rings. The zero-order valence-corrected chi connectivity index (χ0v) is 16.1. The quantitative estimate of drug-likeness (QED) is 0.670. The zero-order chi connectivity index (χ0) is 18.2. The standard InChI is InChI=1S/C20H32N2O4/c1-3-20(26-19-7-5-4-6-18(19)23-2)22-9-8-17(16-22)25-15-12-21-10-13-24-14-11-21/h4-7,17,20H,3,8-16H2,1-2H3. The van der Waals surface area contributed by atoms with Crippen molar-refractivity contribution >= 4 is 0 Å². The average molecular weight is 364 g/mol. The minimum absolute atomic E-state index is 0.0548. The number of nitrogens with zero attached hydrogens (tertiary/aromatic N) is 2. The minimum atomic E-state index is 0.0548. The number of morpholine rings is 1. The fraction of sp³-hybridized carbons (Fsp3) is 0.700. The Balaban J connectivity index is 1.44. The van der Waals surface area contributed by atoms with Gasteiger partial charge in [0, 0.05) is 32.7 Å². The highest BCUT2D eigenvalue weighted by molar-refractivity contribution is 5.39. The molecule has 3 rings (SSSR count). The molecule has 2 aliphatic rings. The summed E-state index contributed by atoms with van der Waals surface area (Å²) in [6, 6.07) is 7.84. The highest BCUT2D eigenvalue weighted by Crippen LogP contribution is 2.29. The first kappa shape index (κ1) is 19.4. The van der Waals surface area contributed by atoms with Crippen LogP contribution in [-0.4, -0.2) is 81.8 Å². The van der Waals surface area contributed by atoms with Crippen molar-refractivity contribution < 1.29 is 18.9 Å². The average Bonchev–Trinajstić information content (AvgIpc) is 3.16. The molecule has 0 bridgehead atoms. The first-order valence-electron chi connectivity index (χ1n) is 9.75. The normalized spacial score (nSPS) is 23.1. The number of para-hydroxylation sites is 2. The van der Waals surface area contributed by atoms with Crippen LogP contribution in [0.3, 0.4) is 0 Å². The first-order chi connectivity index (χ1) is 12.8. The molecule has 0 aromatic heterocycles. The molecule has 6 heteroatoms. The van der Waals surface area contributed by atoms with E-state index in [9.17, 15) is 0 Å². The van der Waals surface area contributed by atoms with E-state index >= 15 is 0 Å². The second-order valence-corrected chi connectivity index (χ2v) is 6.86. The van der Waals surface area contributed by atoms with E-state index in [1.807, 2.05) is 24.3 Å². The van der Waals surface area contributed by atoms with Crippen molar-refractivity contribution in [3.8, 4) is 11.5 Å². The molecule has 0 aliphatic carbocycles. The van der Waals surface area contributed by atoms with Crippen molar-refractivity contribution in [3.63, 3.8) is 0 Å². The molecular formula is C20H32N2O4. The molecule has 2 saturated heterocycles. The van der Waals surface area contributed by atoms with E-state index in [1.54, 1.807) is 7.11 Å². The molecule has 2 heterocycles. The van der Waals surface area contributed by atoms with Gasteiger partial charge in [0.15, 0.2) is 17.7 Å². The summed E-state index contributed by atoms with van der Waals surface area (Å²) >= 11 is 0. The van der Waals surface area contributed by atoms with E-state index in [-0.39, 0.29) is 6.23 Å². The molecule has 0 spiro atoms. The summed E-state index contributed by atoms with van der Waals surface area (Å²) in [5.41, 5.74) is 0. The van der Waals surface area contributed by atoms with E-state index in [0.29, 0.717) is 6.10 Å². The number of rotatable bonds is 9. The number of likely N-dealkylation sites (tertiary alicyclic amines) is 1. The molecule has 2 atom stereocenters. The fourth-order valence-corrected chi connectivity index (χ4v) is 3.60. The lowest BCUT2D eigenvalue weighted by molar-refractivity contribution is -0.00716. The van der Waals surface area contributed by atoms with Gasteiger partial charge < -0.3 is 18.9 Å². The molecule has 0 radical (unpaired) electrons. The Morgan fingerprint density at radius 2 is 1.92 bits per heavy atom. The predicted molar refractivity (Wildman–Crippen MR) is 101 cm³/mol. The maximum Gasteiger partial charge on any atom is 0.163 e. The molecule has 26 heavy (non-hydrogen) atoms. The Hall–Kier alpha value is -1.34. The van der Waals surface area contributed by atoms with Crippen LogP contribution in [0.4, 0.5) is 0 Å². The highest BCUT2D eigenvalue weighted by atomic mass is 16.5. The van der Waals surface area contributed by atoms with Crippen LogP contribution in [0, 0.1) is 0 Å². The van der Waals surface area contributed by atoms with E-state index < -0.39 is 0 Å². The lowest BCUT2D eigenvalue weighted by Crippen LogP contribution is -2.40. The van der Waals surface area contributed by atoms with Crippen LogP contribution in [0.2, 0.25) is 0 Å². The van der Waals surface area contributed by atoms with Crippen molar-refractivity contribution in [1.29, 1.82) is 0 Å². The maximum absolute atomic E-state index is 6.24. The number of methoxy groups -OCH3 is 1. The van der Waals surface area contributed by atoms with Crippen molar-refractivity contribution in [3.05, 3.63) is 24.3 Å². The minimum Gasteiger partial charge on any atom is -0.493 e. The largest absolute Gasteiger partial charge is 0.493 e. The third kappa shape index (κ3) is 5.33. The Bertz CT molecular complexity index is 536. The van der Waals surface area contributed by atoms with Gasteiger partial charge in [0.05, 0.1) is 33.0 Å². The van der Waals surface area contributed by atoms with Gasteiger partial charge >= 0.3 is 0 Å². The molecular weight excluding hydrogens is 332 g/mol. The molecule has 146 valence electrons. The van der Waals surface area contributed by atoms with Crippen molar-refractivity contribution in [2.24, 2.45) is 0 Å². The van der Waals surface area contributed by atoms with E-state index in [0.717, 1.165) is 76.9 Å². The summed E-state index contributed by atoms with van der Waals surface area (Å²) in [5, 5.41) is 0. The topological polar surface area (TPSA) is 43.4 Å². The fourth-order valence-electron chi connectivity index (χ4n) is 3.60. The zero-order valence-electron chi connectivity index (χ0n) is 16.1. The summed E-state index contributed by atoms with van der Waals surface area (Å²) in [6.07, 6.45) is 2.35. The summed E-state index contributed by atoms with van der Waals surface area (Å²) in [4.78, 5) is 4.79. The molecule has 0 amide bonds. The lowest BCUT2D eigenvalue weighted by atomic mass is 10.3. The molecule has 2 unspecified atom stereocenters. The van der Waals surface area contributed by atoms with Crippen molar-refractivity contribution in [2.75, 3.05) is 59.7 Å². The van der Waals surface area contributed by atoms with Gasteiger partial charge in [-0.05, 0) is 25.0 Å². The molecule has 1 aromatic carbocycles. The van der Waals surface area contributed by atoms with Crippen LogP contribution in [0.15, 0.2) is 24.3 Å². The van der Waals surface area contributed by atoms with Crippen LogP contribution in [0.1, 0.15) is 19.8 Å². The highest BCUT2D eigenvalue weighted by Gasteiger charge is 2.29. The third-order valence-electron chi connectivity index (χ3n) is 5.13. The third-order valence-corrected chi connectivity index (χ3v) is 5.13. The van der Waals surface area contributed by atoms with Crippen LogP contribution in [0.5, 0.6) is 11.5 Å². The van der Waals surface area contributed by atoms with Gasteiger partial charge in [-0.2, -0.15) is 0 Å². The Morgan fingerprint density at radius 3 is 2.65 bits per heavy atom. The second kappa shape index (κ2) is 10.1. The summed E-state index contributed by atoms with van der Waals surface area (Å²) in [7, 11) is 1.68. The van der Waals surface area contributed by atoms with Gasteiger partial charge in [0.1, 0.15) is 0 Å². The summed E-state index contributed by atoms with van der Waals surface area (Å²) in [5.74, 6) is 1.59. The molecule has 6 nitrogen and oxygen atoms in total. The Kier molecular flexibility index (Phi) is 7.55. The van der Waals surface area contributed by atoms with Crippen LogP contribution >= 0.6 is 0 Å². The van der Waals surface area contributed by atoms with Crippen molar-refractivity contribution in [2.45, 2.75) is 32.1 Å². The first-order valence-corrected chi connectivity index (χ1v) is 9.75. The monoisotopic (exact) mass is 364 g/mol. The molecule has 0 N–H and O–H groups in total. The van der Waals surface area contributed by atoms with Gasteiger partial charge in [0.25, 0.3) is 0 Å². The SMILES string of the molecule is CCC(Oc1ccccc1OC)N1CCC(OCCN2CCOCC2)C1. The van der Waals surface area contributed by atoms with E-state index in [1.165, 1.54) is 0 Å². The van der Waals surface area contributed by atoms with E-state index in [2.05, 4.69) is 16.7 Å². The van der Waals surface area contributed by atoms with E-state index in [4.69, 9.17) is 18.9 Å². The van der Waals surface area contributed by atoms with Crippen LogP contribution < -0.4 is 9.47 Å². The van der Waals surface area contributed by atoms with Crippen LogP contribution in [-0.2, 0) is 9.47 Å². The van der Waals surface area contributed by atoms with Gasteiger partial charge in [-0.25, -0.2) is 0 Å². The number of hydrogen-bond acceptors (Lipinski definition) is 6. The number of benzene rings is 1. The van der Waals surface area contributed by atoms with Crippen molar-refractivity contribution in [1.82, 2.24) is 9.80 Å². The van der Waals surface area contributed by atoms with Gasteiger partial charge in [-0.3, -0.25) is 9.80 Å². The number of ether oxygens (including phenoxy) is 4. The lowest BCUT2D eigenvalue weighted by Gasteiger charge is -2.28. The smallest absolute Gasteiger partial charge is 0.163 e. The number of hydrogen-bond donors (Lipinski definition) is 0. The Labute approximate surface area is 157 Å². The molecule has 0 saturated carbocycles. The Morgan fingerprint density at radius 1 is 1.15 bits per heavy atom. The predicted octanol–water partition coefficient (Wildman–Crippen LogP) is 2.23. The summed E-state index contributed by atoms with van der Waals surface area (Å²) in [6.45, 7) is 9.61. The summed E-state index contributed by atoms with van der Waals surface area (Å²) < 4.78 is 23.2. The molecule has 2 fully saturated rings. The van der Waals surface area contributed by atoms with Gasteiger partial charge in [-0.15, -0.1) is 0 Å². The molecule has 2 aliphatic heterocycles. The van der Waals surface area contributed by atoms with Gasteiger partial charge in [0.2, 0.25) is 0 Å². The van der Waals surface area contributed by atoms with Gasteiger partial charge in [-0.1, -0.05) is 19.1 Å². The second-order valence-electron chi connectivity index (χ2n) is 6.86.